The second-order valence-corrected chi connectivity index (χ2v) is 6.19. The topological polar surface area (TPSA) is 8.17 Å². The maximum absolute atomic E-state index is 2.50. The molecule has 1 aliphatic heterocycles. The van der Waals surface area contributed by atoms with Gasteiger partial charge in [-0.3, -0.25) is 4.90 Å². The standard InChI is InChI=1S/C19H20N2/c1-14-8-9-18-16(10-14)17-12-20(2)13-19(17)21(18)11-15-6-4-3-5-7-15/h3-10H,11-13H2,1-2H3. The first-order valence-electron chi connectivity index (χ1n) is 7.55. The van der Waals surface area contributed by atoms with Gasteiger partial charge in [-0.25, -0.2) is 0 Å². The van der Waals surface area contributed by atoms with Crippen molar-refractivity contribution in [1.82, 2.24) is 9.47 Å². The Kier molecular flexibility index (Phi) is 2.86. The monoisotopic (exact) mass is 276 g/mol. The van der Waals surface area contributed by atoms with Gasteiger partial charge in [0, 0.05) is 36.2 Å². The zero-order chi connectivity index (χ0) is 14.4. The fraction of sp³-hybridized carbons (Fsp3) is 0.263. The molecular formula is C19H20N2. The van der Waals surface area contributed by atoms with Crippen LogP contribution in [0.1, 0.15) is 22.4 Å². The molecule has 0 amide bonds. The van der Waals surface area contributed by atoms with Gasteiger partial charge in [0.2, 0.25) is 0 Å². The molecule has 0 radical (unpaired) electrons. The molecule has 0 spiro atoms. The van der Waals surface area contributed by atoms with E-state index in [2.05, 4.69) is 72.0 Å². The number of nitrogens with zero attached hydrogens (tertiary/aromatic N) is 2. The van der Waals surface area contributed by atoms with E-state index in [4.69, 9.17) is 0 Å². The molecule has 1 aromatic heterocycles. The van der Waals surface area contributed by atoms with Crippen molar-refractivity contribution in [3.8, 4) is 0 Å². The third kappa shape index (κ3) is 2.07. The molecule has 2 heteroatoms. The molecule has 0 aliphatic carbocycles. The lowest BCUT2D eigenvalue weighted by molar-refractivity contribution is 0.348. The molecule has 3 aromatic rings. The summed E-state index contributed by atoms with van der Waals surface area (Å²) in [6.45, 7) is 5.26. The van der Waals surface area contributed by atoms with Crippen LogP contribution in [0.15, 0.2) is 48.5 Å². The predicted molar refractivity (Wildman–Crippen MR) is 87.4 cm³/mol. The number of hydrogen-bond acceptors (Lipinski definition) is 1. The second kappa shape index (κ2) is 4.74. The molecule has 1 aliphatic rings. The van der Waals surface area contributed by atoms with Gasteiger partial charge >= 0.3 is 0 Å². The van der Waals surface area contributed by atoms with E-state index in [0.29, 0.717) is 0 Å². The first-order chi connectivity index (χ1) is 10.2. The fourth-order valence-electron chi connectivity index (χ4n) is 3.48. The summed E-state index contributed by atoms with van der Waals surface area (Å²) in [6.07, 6.45) is 0. The zero-order valence-corrected chi connectivity index (χ0v) is 12.6. The maximum Gasteiger partial charge on any atom is 0.0489 e. The molecule has 0 N–H and O–H groups in total. The van der Waals surface area contributed by atoms with E-state index >= 15 is 0 Å². The van der Waals surface area contributed by atoms with Crippen LogP contribution < -0.4 is 0 Å². The minimum absolute atomic E-state index is 0.962. The summed E-state index contributed by atoms with van der Waals surface area (Å²) in [6, 6.07) is 17.6. The third-order valence-electron chi connectivity index (χ3n) is 4.47. The lowest BCUT2D eigenvalue weighted by Crippen LogP contribution is -2.11. The first-order valence-corrected chi connectivity index (χ1v) is 7.55. The Hall–Kier alpha value is -2.06. The quantitative estimate of drug-likeness (QED) is 0.688. The normalized spacial score (nSPS) is 14.8. The lowest BCUT2D eigenvalue weighted by atomic mass is 10.1. The Labute approximate surface area is 125 Å². The Morgan fingerprint density at radius 1 is 1.00 bits per heavy atom. The van der Waals surface area contributed by atoms with Gasteiger partial charge in [-0.2, -0.15) is 0 Å². The summed E-state index contributed by atoms with van der Waals surface area (Å²) in [4.78, 5) is 2.40. The molecule has 0 saturated heterocycles. The summed E-state index contributed by atoms with van der Waals surface area (Å²) in [7, 11) is 2.20. The Balaban J connectivity index is 1.90. The van der Waals surface area contributed by atoms with Crippen LogP contribution in [0.5, 0.6) is 0 Å². The zero-order valence-electron chi connectivity index (χ0n) is 12.6. The number of aryl methyl sites for hydroxylation is 1. The van der Waals surface area contributed by atoms with Crippen LogP contribution in [0, 0.1) is 6.92 Å². The molecule has 4 rings (SSSR count). The molecular weight excluding hydrogens is 256 g/mol. The minimum Gasteiger partial charge on any atom is -0.339 e. The van der Waals surface area contributed by atoms with Crippen LogP contribution in [0.25, 0.3) is 10.9 Å². The van der Waals surface area contributed by atoms with E-state index in [1.165, 1.54) is 33.3 Å². The predicted octanol–water partition coefficient (Wildman–Crippen LogP) is 3.94. The van der Waals surface area contributed by atoms with Crippen LogP contribution in [-0.2, 0) is 19.6 Å². The van der Waals surface area contributed by atoms with Gasteiger partial charge in [0.1, 0.15) is 0 Å². The number of benzene rings is 2. The largest absolute Gasteiger partial charge is 0.339 e. The third-order valence-corrected chi connectivity index (χ3v) is 4.47. The molecule has 0 bridgehead atoms. The minimum atomic E-state index is 0.962. The molecule has 2 aromatic carbocycles. The average molecular weight is 276 g/mol. The maximum atomic E-state index is 2.50. The van der Waals surface area contributed by atoms with Crippen molar-refractivity contribution in [2.24, 2.45) is 0 Å². The molecule has 0 saturated carbocycles. The van der Waals surface area contributed by atoms with Gasteiger partial charge in [-0.15, -0.1) is 0 Å². The van der Waals surface area contributed by atoms with Gasteiger partial charge in [-0.05, 0) is 37.2 Å². The van der Waals surface area contributed by atoms with Crippen molar-refractivity contribution >= 4 is 10.9 Å². The molecule has 2 nitrogen and oxygen atoms in total. The van der Waals surface area contributed by atoms with E-state index in [9.17, 15) is 0 Å². The van der Waals surface area contributed by atoms with Gasteiger partial charge in [-0.1, -0.05) is 42.0 Å². The molecule has 2 heterocycles. The van der Waals surface area contributed by atoms with E-state index in [1.54, 1.807) is 0 Å². The van der Waals surface area contributed by atoms with Crippen LogP contribution in [0.2, 0.25) is 0 Å². The van der Waals surface area contributed by atoms with Crippen molar-refractivity contribution < 1.29 is 0 Å². The molecule has 106 valence electrons. The van der Waals surface area contributed by atoms with Crippen LogP contribution in [0.4, 0.5) is 0 Å². The molecule has 0 unspecified atom stereocenters. The number of hydrogen-bond donors (Lipinski definition) is 0. The van der Waals surface area contributed by atoms with Crippen LogP contribution in [-0.4, -0.2) is 16.5 Å². The molecule has 0 atom stereocenters. The van der Waals surface area contributed by atoms with E-state index < -0.39 is 0 Å². The van der Waals surface area contributed by atoms with E-state index in [0.717, 1.165) is 19.6 Å². The van der Waals surface area contributed by atoms with Gasteiger partial charge in [0.15, 0.2) is 0 Å². The fourth-order valence-corrected chi connectivity index (χ4v) is 3.48. The summed E-state index contributed by atoms with van der Waals surface area (Å²) in [5, 5.41) is 1.44. The molecule has 0 fully saturated rings. The van der Waals surface area contributed by atoms with Crippen molar-refractivity contribution in [2.45, 2.75) is 26.6 Å². The number of aromatic nitrogens is 1. The van der Waals surface area contributed by atoms with Crippen molar-refractivity contribution in [1.29, 1.82) is 0 Å². The van der Waals surface area contributed by atoms with E-state index in [-0.39, 0.29) is 0 Å². The lowest BCUT2D eigenvalue weighted by Gasteiger charge is -2.12. The van der Waals surface area contributed by atoms with E-state index in [1.807, 2.05) is 0 Å². The Morgan fingerprint density at radius 3 is 2.62 bits per heavy atom. The van der Waals surface area contributed by atoms with Crippen LogP contribution in [0.3, 0.4) is 0 Å². The molecule has 21 heavy (non-hydrogen) atoms. The smallest absolute Gasteiger partial charge is 0.0489 e. The van der Waals surface area contributed by atoms with Gasteiger partial charge in [0.25, 0.3) is 0 Å². The summed E-state index contributed by atoms with van der Waals surface area (Å²) in [5.74, 6) is 0. The Bertz CT molecular complexity index is 799. The summed E-state index contributed by atoms with van der Waals surface area (Å²) >= 11 is 0. The summed E-state index contributed by atoms with van der Waals surface area (Å²) < 4.78 is 2.50. The Morgan fingerprint density at radius 2 is 1.81 bits per heavy atom. The highest BCUT2D eigenvalue weighted by molar-refractivity contribution is 5.86. The van der Waals surface area contributed by atoms with Crippen LogP contribution >= 0.6 is 0 Å². The number of fused-ring (bicyclic) bond motifs is 3. The van der Waals surface area contributed by atoms with Crippen molar-refractivity contribution in [2.75, 3.05) is 7.05 Å². The SMILES string of the molecule is Cc1ccc2c(c1)c1c(n2Cc2ccccc2)CN(C)C1. The highest BCUT2D eigenvalue weighted by Gasteiger charge is 2.24. The number of rotatable bonds is 2. The van der Waals surface area contributed by atoms with Gasteiger partial charge < -0.3 is 4.57 Å². The summed E-state index contributed by atoms with van der Waals surface area (Å²) in [5.41, 5.74) is 7.10. The highest BCUT2D eigenvalue weighted by atomic mass is 15.2. The van der Waals surface area contributed by atoms with Gasteiger partial charge in [0.05, 0.1) is 0 Å². The first kappa shape index (κ1) is 12.7. The highest BCUT2D eigenvalue weighted by Crippen LogP contribution is 2.33. The van der Waals surface area contributed by atoms with Crippen molar-refractivity contribution in [3.63, 3.8) is 0 Å². The second-order valence-electron chi connectivity index (χ2n) is 6.19. The average Bonchev–Trinajstić information content (AvgIpc) is 2.98. The van der Waals surface area contributed by atoms with Crippen molar-refractivity contribution in [3.05, 3.63) is 70.9 Å².